The van der Waals surface area contributed by atoms with E-state index in [0.717, 1.165) is 5.69 Å². The number of thiocarbonyl (C=S) groups is 1. The first-order valence-corrected chi connectivity index (χ1v) is 6.55. The highest BCUT2D eigenvalue weighted by Crippen LogP contribution is 2.19. The topological polar surface area (TPSA) is 76.2 Å². The highest BCUT2D eigenvalue weighted by Gasteiger charge is 2.21. The van der Waals surface area contributed by atoms with E-state index in [2.05, 4.69) is 10.4 Å². The highest BCUT2D eigenvalue weighted by atomic mass is 32.1. The molecule has 0 radical (unpaired) electrons. The van der Waals surface area contributed by atoms with Crippen LogP contribution in [0.3, 0.4) is 0 Å². The number of nitrogens with one attached hydrogen (secondary N) is 1. The number of aryl methyl sites for hydroxylation is 2. The molecule has 3 N–H and O–H groups in total. The molecule has 19 heavy (non-hydrogen) atoms. The van der Waals surface area contributed by atoms with Crippen molar-refractivity contribution in [3.05, 3.63) is 11.3 Å². The third kappa shape index (κ3) is 3.23. The third-order valence-electron chi connectivity index (χ3n) is 3.04. The molecule has 0 aliphatic carbocycles. The Morgan fingerprint density at radius 1 is 1.63 bits per heavy atom. The summed E-state index contributed by atoms with van der Waals surface area (Å²) in [7, 11) is 3.56. The molecule has 0 bridgehead atoms. The number of rotatable bonds is 5. The van der Waals surface area contributed by atoms with Gasteiger partial charge < -0.3 is 16.0 Å². The van der Waals surface area contributed by atoms with E-state index in [9.17, 15) is 4.79 Å². The molecule has 0 saturated heterocycles. The van der Waals surface area contributed by atoms with Crippen LogP contribution in [0.1, 0.15) is 25.1 Å². The number of nitrogens with two attached hydrogens (primary N) is 1. The van der Waals surface area contributed by atoms with Crippen molar-refractivity contribution in [3.8, 4) is 0 Å². The molecule has 1 aromatic heterocycles. The van der Waals surface area contributed by atoms with Gasteiger partial charge >= 0.3 is 0 Å². The molecule has 0 aliphatic rings. The van der Waals surface area contributed by atoms with E-state index >= 15 is 0 Å². The molecule has 0 saturated carbocycles. The molecule has 1 amide bonds. The lowest BCUT2D eigenvalue weighted by atomic mass is 10.2. The second-order valence-electron chi connectivity index (χ2n) is 4.52. The summed E-state index contributed by atoms with van der Waals surface area (Å²) < 4.78 is 1.65. The van der Waals surface area contributed by atoms with Crippen molar-refractivity contribution in [1.29, 1.82) is 0 Å². The van der Waals surface area contributed by atoms with Crippen molar-refractivity contribution in [1.82, 2.24) is 14.7 Å². The van der Waals surface area contributed by atoms with Crippen LogP contribution in [0.25, 0.3) is 0 Å². The van der Waals surface area contributed by atoms with Crippen molar-refractivity contribution < 1.29 is 4.79 Å². The Balaban J connectivity index is 3.00. The first kappa shape index (κ1) is 15.4. The second kappa shape index (κ2) is 6.01. The van der Waals surface area contributed by atoms with Crippen LogP contribution < -0.4 is 11.1 Å². The van der Waals surface area contributed by atoms with Crippen LogP contribution in [-0.4, -0.2) is 45.2 Å². The van der Waals surface area contributed by atoms with Gasteiger partial charge in [0.05, 0.1) is 11.3 Å². The van der Waals surface area contributed by atoms with Gasteiger partial charge in [-0.1, -0.05) is 12.2 Å². The lowest BCUT2D eigenvalue weighted by molar-refractivity contribution is -0.130. The molecule has 1 heterocycles. The number of likely N-dealkylation sites (N-methyl/N-ethyl adjacent to an activating group) is 1. The zero-order chi connectivity index (χ0) is 14.7. The summed E-state index contributed by atoms with van der Waals surface area (Å²) in [5.41, 5.74) is 7.15. The molecule has 6 nitrogen and oxygen atoms in total. The van der Waals surface area contributed by atoms with Gasteiger partial charge in [0, 0.05) is 20.6 Å². The van der Waals surface area contributed by atoms with Gasteiger partial charge in [0.25, 0.3) is 0 Å². The van der Waals surface area contributed by atoms with Crippen molar-refractivity contribution in [2.45, 2.75) is 26.8 Å². The van der Waals surface area contributed by atoms with Gasteiger partial charge in [-0.25, -0.2) is 0 Å². The van der Waals surface area contributed by atoms with Gasteiger partial charge in [0.1, 0.15) is 16.8 Å². The number of amides is 1. The number of hydrogen-bond donors (Lipinski definition) is 2. The summed E-state index contributed by atoms with van der Waals surface area (Å²) in [6.07, 6.45) is 0. The maximum absolute atomic E-state index is 12.0. The van der Waals surface area contributed by atoms with E-state index < -0.39 is 0 Å². The molecule has 7 heteroatoms. The fourth-order valence-corrected chi connectivity index (χ4v) is 2.12. The Bertz CT molecular complexity index is 497. The molecule has 1 aromatic rings. The smallest absolute Gasteiger partial charge is 0.244 e. The summed E-state index contributed by atoms with van der Waals surface area (Å²) in [5.74, 6) is 0.686. The van der Waals surface area contributed by atoms with Gasteiger partial charge in [-0.15, -0.1) is 0 Å². The predicted octanol–water partition coefficient (Wildman–Crippen LogP) is 0.641. The molecule has 0 aliphatic heterocycles. The monoisotopic (exact) mass is 283 g/mol. The normalized spacial score (nSPS) is 12.1. The molecule has 106 valence electrons. The van der Waals surface area contributed by atoms with Crippen LogP contribution in [0.15, 0.2) is 0 Å². The summed E-state index contributed by atoms with van der Waals surface area (Å²) in [6.45, 7) is 6.24. The fourth-order valence-electron chi connectivity index (χ4n) is 1.87. The number of hydrogen-bond acceptors (Lipinski definition) is 4. The van der Waals surface area contributed by atoms with Gasteiger partial charge in [-0.2, -0.15) is 5.10 Å². The molecular weight excluding hydrogens is 262 g/mol. The van der Waals surface area contributed by atoms with Crippen LogP contribution in [0.4, 0.5) is 5.82 Å². The van der Waals surface area contributed by atoms with Crippen LogP contribution in [0.5, 0.6) is 0 Å². The van der Waals surface area contributed by atoms with Gasteiger partial charge in [0.15, 0.2) is 0 Å². The largest absolute Gasteiger partial charge is 0.389 e. The number of anilines is 1. The van der Waals surface area contributed by atoms with Crippen LogP contribution in [0, 0.1) is 6.92 Å². The molecular formula is C12H21N5OS. The van der Waals surface area contributed by atoms with E-state index in [-0.39, 0.29) is 16.9 Å². The number of nitrogens with zero attached hydrogens (tertiary/aromatic N) is 3. The SMILES string of the molecule is CCN(C)C(=O)C(C)Nc1c(C(N)=S)c(C)nn1C. The lowest BCUT2D eigenvalue weighted by Crippen LogP contribution is -2.39. The first-order valence-electron chi connectivity index (χ1n) is 6.14. The Morgan fingerprint density at radius 3 is 2.68 bits per heavy atom. The van der Waals surface area contributed by atoms with Gasteiger partial charge in [-0.05, 0) is 20.8 Å². The highest BCUT2D eigenvalue weighted by molar-refractivity contribution is 7.80. The van der Waals surface area contributed by atoms with Gasteiger partial charge in [0.2, 0.25) is 5.91 Å². The van der Waals surface area contributed by atoms with Crippen molar-refractivity contribution >= 4 is 28.9 Å². The quantitative estimate of drug-likeness (QED) is 0.776. The van der Waals surface area contributed by atoms with Crippen LogP contribution in [0.2, 0.25) is 0 Å². The minimum Gasteiger partial charge on any atom is -0.389 e. The second-order valence-corrected chi connectivity index (χ2v) is 4.96. The molecule has 1 atom stereocenters. The van der Waals surface area contributed by atoms with E-state index in [1.165, 1.54) is 0 Å². The zero-order valence-corrected chi connectivity index (χ0v) is 12.8. The van der Waals surface area contributed by atoms with Crippen molar-refractivity contribution in [3.63, 3.8) is 0 Å². The maximum atomic E-state index is 12.0. The zero-order valence-electron chi connectivity index (χ0n) is 12.0. The summed E-state index contributed by atoms with van der Waals surface area (Å²) in [5, 5.41) is 7.41. The van der Waals surface area contributed by atoms with Crippen molar-refractivity contribution in [2.24, 2.45) is 12.8 Å². The Kier molecular flexibility index (Phi) is 4.88. The van der Waals surface area contributed by atoms with E-state index in [1.54, 1.807) is 30.6 Å². The average molecular weight is 283 g/mol. The van der Waals surface area contributed by atoms with Crippen LogP contribution in [-0.2, 0) is 11.8 Å². The average Bonchev–Trinajstić information content (AvgIpc) is 2.62. The minimum absolute atomic E-state index is 0.00948. The van der Waals surface area contributed by atoms with Crippen molar-refractivity contribution in [2.75, 3.05) is 18.9 Å². The summed E-state index contributed by atoms with van der Waals surface area (Å²) >= 11 is 5.03. The van der Waals surface area contributed by atoms with E-state index in [4.69, 9.17) is 18.0 Å². The Labute approximate surface area is 118 Å². The van der Waals surface area contributed by atoms with E-state index in [0.29, 0.717) is 17.9 Å². The Morgan fingerprint density at radius 2 is 2.21 bits per heavy atom. The maximum Gasteiger partial charge on any atom is 0.244 e. The first-order chi connectivity index (χ1) is 8.79. The number of carbonyl (C=O) groups excluding carboxylic acids is 1. The van der Waals surface area contributed by atoms with Crippen LogP contribution >= 0.6 is 12.2 Å². The standard InChI is InChI=1S/C12H21N5OS/c1-6-16(4)12(18)8(3)14-11-9(10(13)19)7(2)15-17(11)5/h8,14H,6H2,1-5H3,(H2,13,19). The molecule has 0 spiro atoms. The summed E-state index contributed by atoms with van der Waals surface area (Å²) in [6, 6.07) is -0.368. The fraction of sp³-hybridized carbons (Fsp3) is 0.583. The third-order valence-corrected chi connectivity index (χ3v) is 3.25. The predicted molar refractivity (Wildman–Crippen MR) is 80.2 cm³/mol. The lowest BCUT2D eigenvalue weighted by Gasteiger charge is -2.21. The molecule has 1 rings (SSSR count). The number of carbonyl (C=O) groups is 1. The number of aromatic nitrogens is 2. The Hall–Kier alpha value is -1.63. The van der Waals surface area contributed by atoms with Gasteiger partial charge in [-0.3, -0.25) is 9.48 Å². The molecule has 0 aromatic carbocycles. The molecule has 0 fully saturated rings. The molecule has 1 unspecified atom stereocenters. The summed E-state index contributed by atoms with van der Waals surface area (Å²) in [4.78, 5) is 14.0. The minimum atomic E-state index is -0.368. The van der Waals surface area contributed by atoms with E-state index in [1.807, 2.05) is 13.8 Å².